The van der Waals surface area contributed by atoms with Crippen LogP contribution >= 0.6 is 0 Å². The third kappa shape index (κ3) is 3.64. The quantitative estimate of drug-likeness (QED) is 0.859. The predicted octanol–water partition coefficient (Wildman–Crippen LogP) is 4.02. The number of aryl methyl sites for hydroxylation is 1. The number of benzene rings is 1. The average Bonchev–Trinajstić information content (AvgIpc) is 2.50. The molecule has 0 aliphatic heterocycles. The summed E-state index contributed by atoms with van der Waals surface area (Å²) in [7, 11) is 0. The highest BCUT2D eigenvalue weighted by Gasteiger charge is 2.10. The van der Waals surface area contributed by atoms with Crippen LogP contribution in [0.15, 0.2) is 42.6 Å². The van der Waals surface area contributed by atoms with Gasteiger partial charge in [-0.3, -0.25) is 4.98 Å². The van der Waals surface area contributed by atoms with Gasteiger partial charge in [0.1, 0.15) is 5.82 Å². The average molecular weight is 272 g/mol. The summed E-state index contributed by atoms with van der Waals surface area (Å²) in [4.78, 5) is 4.44. The van der Waals surface area contributed by atoms with Crippen molar-refractivity contribution in [1.29, 1.82) is 0 Å². The minimum atomic E-state index is -0.193. The molecule has 1 aromatic carbocycles. The number of hydrogen-bond donors (Lipinski definition) is 1. The van der Waals surface area contributed by atoms with Crippen LogP contribution in [-0.2, 0) is 13.0 Å². The van der Waals surface area contributed by atoms with Crippen LogP contribution in [0.25, 0.3) is 0 Å². The Morgan fingerprint density at radius 1 is 1.15 bits per heavy atom. The lowest BCUT2D eigenvalue weighted by atomic mass is 10.0. The SMILES string of the molecule is CCc1cccnc1CNC(CC)c1ccc(F)cc1. The Balaban J connectivity index is 2.05. The molecule has 0 saturated carbocycles. The Morgan fingerprint density at radius 2 is 1.90 bits per heavy atom. The maximum atomic E-state index is 13.0. The van der Waals surface area contributed by atoms with Gasteiger partial charge in [-0.15, -0.1) is 0 Å². The van der Waals surface area contributed by atoms with Crippen molar-refractivity contribution in [2.45, 2.75) is 39.3 Å². The standard InChI is InChI=1S/C17H21FN2/c1-3-13-6-5-11-19-17(13)12-20-16(4-2)14-7-9-15(18)10-8-14/h5-11,16,20H,3-4,12H2,1-2H3. The molecule has 0 aliphatic rings. The zero-order chi connectivity index (χ0) is 14.4. The lowest BCUT2D eigenvalue weighted by Crippen LogP contribution is -2.21. The molecule has 2 rings (SSSR count). The fraction of sp³-hybridized carbons (Fsp3) is 0.353. The van der Waals surface area contributed by atoms with E-state index in [0.29, 0.717) is 0 Å². The number of hydrogen-bond acceptors (Lipinski definition) is 2. The monoisotopic (exact) mass is 272 g/mol. The summed E-state index contributed by atoms with van der Waals surface area (Å²) in [5.74, 6) is -0.193. The first-order valence-electron chi connectivity index (χ1n) is 7.16. The Kier molecular flexibility index (Phi) is 5.24. The van der Waals surface area contributed by atoms with Gasteiger partial charge in [-0.05, 0) is 42.2 Å². The summed E-state index contributed by atoms with van der Waals surface area (Å²) in [6, 6.07) is 11.0. The van der Waals surface area contributed by atoms with E-state index in [1.165, 1.54) is 17.7 Å². The topological polar surface area (TPSA) is 24.9 Å². The minimum Gasteiger partial charge on any atom is -0.304 e. The molecule has 1 unspecified atom stereocenters. The lowest BCUT2D eigenvalue weighted by molar-refractivity contribution is 0.511. The van der Waals surface area contributed by atoms with Gasteiger partial charge in [-0.1, -0.05) is 32.0 Å². The molecule has 0 fully saturated rings. The van der Waals surface area contributed by atoms with E-state index in [2.05, 4.69) is 30.2 Å². The van der Waals surface area contributed by atoms with Crippen LogP contribution < -0.4 is 5.32 Å². The molecule has 0 bridgehead atoms. The molecule has 0 amide bonds. The van der Waals surface area contributed by atoms with Crippen LogP contribution in [0.5, 0.6) is 0 Å². The van der Waals surface area contributed by atoms with E-state index in [-0.39, 0.29) is 11.9 Å². The summed E-state index contributed by atoms with van der Waals surface area (Å²) >= 11 is 0. The molecular weight excluding hydrogens is 251 g/mol. The van der Waals surface area contributed by atoms with Crippen LogP contribution in [0.4, 0.5) is 4.39 Å². The van der Waals surface area contributed by atoms with Crippen molar-refractivity contribution in [3.63, 3.8) is 0 Å². The molecule has 2 nitrogen and oxygen atoms in total. The highest BCUT2D eigenvalue weighted by Crippen LogP contribution is 2.18. The zero-order valence-corrected chi connectivity index (χ0v) is 12.1. The van der Waals surface area contributed by atoms with E-state index in [0.717, 1.165) is 30.6 Å². The largest absolute Gasteiger partial charge is 0.304 e. The summed E-state index contributed by atoms with van der Waals surface area (Å²) < 4.78 is 13.0. The maximum absolute atomic E-state index is 13.0. The summed E-state index contributed by atoms with van der Waals surface area (Å²) in [6.45, 7) is 5.00. The van der Waals surface area contributed by atoms with Gasteiger partial charge in [-0.25, -0.2) is 4.39 Å². The van der Waals surface area contributed by atoms with E-state index in [4.69, 9.17) is 0 Å². The second-order valence-corrected chi connectivity index (χ2v) is 4.86. The van der Waals surface area contributed by atoms with Crippen LogP contribution in [0.2, 0.25) is 0 Å². The summed E-state index contributed by atoms with van der Waals surface area (Å²) in [5.41, 5.74) is 3.48. The van der Waals surface area contributed by atoms with Gasteiger partial charge in [0.05, 0.1) is 5.69 Å². The number of halogens is 1. The third-order valence-corrected chi connectivity index (χ3v) is 3.56. The van der Waals surface area contributed by atoms with Crippen molar-refractivity contribution in [1.82, 2.24) is 10.3 Å². The summed E-state index contributed by atoms with van der Waals surface area (Å²) in [6.07, 6.45) is 3.77. The highest BCUT2D eigenvalue weighted by molar-refractivity contribution is 5.22. The second-order valence-electron chi connectivity index (χ2n) is 4.86. The van der Waals surface area contributed by atoms with Crippen LogP contribution in [-0.4, -0.2) is 4.98 Å². The zero-order valence-electron chi connectivity index (χ0n) is 12.1. The molecule has 1 aromatic heterocycles. The van der Waals surface area contributed by atoms with E-state index < -0.39 is 0 Å². The molecule has 106 valence electrons. The van der Waals surface area contributed by atoms with Gasteiger partial charge >= 0.3 is 0 Å². The second kappa shape index (κ2) is 7.15. The Labute approximate surface area is 120 Å². The smallest absolute Gasteiger partial charge is 0.123 e. The van der Waals surface area contributed by atoms with Gasteiger partial charge in [-0.2, -0.15) is 0 Å². The van der Waals surface area contributed by atoms with Gasteiger partial charge in [0.25, 0.3) is 0 Å². The van der Waals surface area contributed by atoms with E-state index in [9.17, 15) is 4.39 Å². The molecule has 0 saturated heterocycles. The van der Waals surface area contributed by atoms with E-state index >= 15 is 0 Å². The number of nitrogens with zero attached hydrogens (tertiary/aromatic N) is 1. The number of nitrogens with one attached hydrogen (secondary N) is 1. The van der Waals surface area contributed by atoms with Gasteiger partial charge in [0.2, 0.25) is 0 Å². The number of rotatable bonds is 6. The fourth-order valence-electron chi connectivity index (χ4n) is 2.37. The van der Waals surface area contributed by atoms with E-state index in [1.807, 2.05) is 24.4 Å². The molecule has 0 aliphatic carbocycles. The van der Waals surface area contributed by atoms with E-state index in [1.54, 1.807) is 0 Å². The maximum Gasteiger partial charge on any atom is 0.123 e. The molecular formula is C17H21FN2. The molecule has 3 heteroatoms. The molecule has 2 aromatic rings. The van der Waals surface area contributed by atoms with Gasteiger partial charge < -0.3 is 5.32 Å². The van der Waals surface area contributed by atoms with Crippen LogP contribution in [0.1, 0.15) is 43.1 Å². The number of pyridine rings is 1. The van der Waals surface area contributed by atoms with Crippen LogP contribution in [0, 0.1) is 5.82 Å². The third-order valence-electron chi connectivity index (χ3n) is 3.56. The minimum absolute atomic E-state index is 0.193. The molecule has 0 radical (unpaired) electrons. The first-order chi connectivity index (χ1) is 9.74. The lowest BCUT2D eigenvalue weighted by Gasteiger charge is -2.18. The molecule has 1 N–H and O–H groups in total. The fourth-order valence-corrected chi connectivity index (χ4v) is 2.37. The normalized spacial score (nSPS) is 12.3. The summed E-state index contributed by atoms with van der Waals surface area (Å²) in [5, 5.41) is 3.51. The van der Waals surface area contributed by atoms with Crippen molar-refractivity contribution in [2.75, 3.05) is 0 Å². The molecule has 1 heterocycles. The first-order valence-corrected chi connectivity index (χ1v) is 7.16. The van der Waals surface area contributed by atoms with Crippen molar-refractivity contribution in [3.8, 4) is 0 Å². The predicted molar refractivity (Wildman–Crippen MR) is 79.9 cm³/mol. The Hall–Kier alpha value is -1.74. The number of aromatic nitrogens is 1. The first kappa shape index (κ1) is 14.7. The van der Waals surface area contributed by atoms with Crippen molar-refractivity contribution >= 4 is 0 Å². The van der Waals surface area contributed by atoms with Gasteiger partial charge in [0.15, 0.2) is 0 Å². The van der Waals surface area contributed by atoms with Gasteiger partial charge in [0, 0.05) is 18.8 Å². The van der Waals surface area contributed by atoms with Crippen molar-refractivity contribution in [2.24, 2.45) is 0 Å². The Bertz CT molecular complexity index is 537. The van der Waals surface area contributed by atoms with Crippen molar-refractivity contribution in [3.05, 3.63) is 65.2 Å². The Morgan fingerprint density at radius 3 is 2.55 bits per heavy atom. The molecule has 20 heavy (non-hydrogen) atoms. The van der Waals surface area contributed by atoms with Crippen molar-refractivity contribution < 1.29 is 4.39 Å². The van der Waals surface area contributed by atoms with Crippen LogP contribution in [0.3, 0.4) is 0 Å². The highest BCUT2D eigenvalue weighted by atomic mass is 19.1. The molecule has 1 atom stereocenters. The molecule has 0 spiro atoms.